The Morgan fingerprint density at radius 1 is 1.56 bits per heavy atom. The topological polar surface area (TPSA) is 42.7 Å². The van der Waals surface area contributed by atoms with Crippen molar-refractivity contribution in [2.75, 3.05) is 12.3 Å². The molecule has 102 valence electrons. The van der Waals surface area contributed by atoms with Gasteiger partial charge in [0.25, 0.3) is 0 Å². The predicted molar refractivity (Wildman–Crippen MR) is 76.7 cm³/mol. The smallest absolute Gasteiger partial charge is 0.140 e. The molecule has 1 fully saturated rings. The molecule has 1 atom stereocenters. The summed E-state index contributed by atoms with van der Waals surface area (Å²) in [7, 11) is 0. The number of hydrogen-bond donors (Lipinski definition) is 1. The monoisotopic (exact) mass is 268 g/mol. The molecule has 1 N–H and O–H groups in total. The van der Waals surface area contributed by atoms with E-state index in [0.29, 0.717) is 10.7 Å². The van der Waals surface area contributed by atoms with Gasteiger partial charge in [-0.2, -0.15) is 16.9 Å². The highest BCUT2D eigenvalue weighted by molar-refractivity contribution is 8.00. The van der Waals surface area contributed by atoms with E-state index < -0.39 is 0 Å². The largest absolute Gasteiger partial charge is 0.308 e. The minimum absolute atomic E-state index is 0.420. The van der Waals surface area contributed by atoms with Crippen LogP contribution in [0.3, 0.4) is 0 Å². The first-order valence-electron chi connectivity index (χ1n) is 6.80. The Balaban J connectivity index is 1.81. The third kappa shape index (κ3) is 3.72. The minimum atomic E-state index is 0.420. The molecule has 0 spiro atoms. The first kappa shape index (κ1) is 13.9. The zero-order chi connectivity index (χ0) is 13.0. The van der Waals surface area contributed by atoms with Crippen LogP contribution in [0.1, 0.15) is 39.4 Å². The first-order valence-corrected chi connectivity index (χ1v) is 7.79. The summed E-state index contributed by atoms with van der Waals surface area (Å²) in [5, 5.41) is 7.82. The van der Waals surface area contributed by atoms with Gasteiger partial charge in [-0.25, -0.2) is 9.67 Å². The maximum atomic E-state index is 4.34. The van der Waals surface area contributed by atoms with Crippen LogP contribution in [0.2, 0.25) is 0 Å². The second kappa shape index (κ2) is 6.06. The van der Waals surface area contributed by atoms with Gasteiger partial charge < -0.3 is 5.32 Å². The van der Waals surface area contributed by atoms with Gasteiger partial charge in [-0.05, 0) is 31.4 Å². The summed E-state index contributed by atoms with van der Waals surface area (Å²) in [5.41, 5.74) is 0. The molecule has 0 radical (unpaired) electrons. The fourth-order valence-corrected chi connectivity index (χ4v) is 3.61. The number of nitrogens with zero attached hydrogens (tertiary/aromatic N) is 3. The molecule has 0 aromatic carbocycles. The number of thioether (sulfide) groups is 1. The zero-order valence-electron chi connectivity index (χ0n) is 11.6. The lowest BCUT2D eigenvalue weighted by atomic mass is 10.1. The molecule has 1 unspecified atom stereocenters. The van der Waals surface area contributed by atoms with Crippen LogP contribution in [-0.4, -0.2) is 31.8 Å². The molecule has 1 aromatic rings. The summed E-state index contributed by atoms with van der Waals surface area (Å²) in [6.45, 7) is 9.60. The van der Waals surface area contributed by atoms with Crippen LogP contribution < -0.4 is 5.32 Å². The second-order valence-electron chi connectivity index (χ2n) is 5.76. The van der Waals surface area contributed by atoms with Crippen molar-refractivity contribution in [2.45, 2.75) is 51.4 Å². The van der Waals surface area contributed by atoms with E-state index in [9.17, 15) is 0 Å². The highest BCUT2D eigenvalue weighted by atomic mass is 32.2. The molecular formula is C13H24N4S. The molecule has 2 rings (SSSR count). The van der Waals surface area contributed by atoms with Gasteiger partial charge in [0.1, 0.15) is 12.2 Å². The fraction of sp³-hybridized carbons (Fsp3) is 0.846. The fourth-order valence-electron chi connectivity index (χ4n) is 2.34. The summed E-state index contributed by atoms with van der Waals surface area (Å²) < 4.78 is 2.44. The lowest BCUT2D eigenvalue weighted by Crippen LogP contribution is -2.33. The van der Waals surface area contributed by atoms with Crippen molar-refractivity contribution >= 4 is 11.8 Å². The summed E-state index contributed by atoms with van der Waals surface area (Å²) in [6, 6.07) is 0. The predicted octanol–water partition coefficient (Wildman–Crippen LogP) is 2.31. The summed E-state index contributed by atoms with van der Waals surface area (Å²) in [4.78, 5) is 4.34. The molecule has 0 aliphatic carbocycles. The summed E-state index contributed by atoms with van der Waals surface area (Å²) in [5.74, 6) is 2.96. The summed E-state index contributed by atoms with van der Waals surface area (Å²) >= 11 is 2.09. The Kier molecular flexibility index (Phi) is 4.67. The Labute approximate surface area is 114 Å². The van der Waals surface area contributed by atoms with Gasteiger partial charge in [0, 0.05) is 17.8 Å². The molecule has 18 heavy (non-hydrogen) atoms. The van der Waals surface area contributed by atoms with Gasteiger partial charge in [0.05, 0.1) is 6.54 Å². The normalized spacial score (nSPS) is 24.0. The average Bonchev–Trinajstić information content (AvgIpc) is 2.89. The minimum Gasteiger partial charge on any atom is -0.308 e. The first-order chi connectivity index (χ1) is 8.59. The van der Waals surface area contributed by atoms with Crippen molar-refractivity contribution in [3.63, 3.8) is 0 Å². The molecular weight excluding hydrogens is 244 g/mol. The molecule has 4 nitrogen and oxygen atoms in total. The summed E-state index contributed by atoms with van der Waals surface area (Å²) in [6.07, 6.45) is 4.33. The maximum Gasteiger partial charge on any atom is 0.140 e. The lowest BCUT2D eigenvalue weighted by Gasteiger charge is -2.22. The van der Waals surface area contributed by atoms with Crippen molar-refractivity contribution in [3.8, 4) is 0 Å². The van der Waals surface area contributed by atoms with Crippen molar-refractivity contribution in [1.29, 1.82) is 0 Å². The van der Waals surface area contributed by atoms with Crippen LogP contribution in [0, 0.1) is 5.92 Å². The maximum absolute atomic E-state index is 4.34. The van der Waals surface area contributed by atoms with Crippen molar-refractivity contribution in [3.05, 3.63) is 12.2 Å². The van der Waals surface area contributed by atoms with Crippen LogP contribution in [0.5, 0.6) is 0 Å². The standard InChI is InChI=1S/C13H24N4S/c1-11(2)8-17-12(15-10-16-17)7-14-9-13(3)5-4-6-18-13/h10-11,14H,4-9H2,1-3H3. The van der Waals surface area contributed by atoms with Gasteiger partial charge >= 0.3 is 0 Å². The molecule has 5 heteroatoms. The Morgan fingerprint density at radius 3 is 3.06 bits per heavy atom. The quantitative estimate of drug-likeness (QED) is 0.860. The number of nitrogens with one attached hydrogen (secondary N) is 1. The van der Waals surface area contributed by atoms with Gasteiger partial charge in [-0.15, -0.1) is 0 Å². The van der Waals surface area contributed by atoms with Gasteiger partial charge in [-0.3, -0.25) is 0 Å². The van der Waals surface area contributed by atoms with E-state index in [0.717, 1.165) is 25.5 Å². The van der Waals surface area contributed by atoms with Crippen molar-refractivity contribution in [2.24, 2.45) is 5.92 Å². The number of aromatic nitrogens is 3. The van der Waals surface area contributed by atoms with Crippen LogP contribution in [0.15, 0.2) is 6.33 Å². The van der Waals surface area contributed by atoms with E-state index in [4.69, 9.17) is 0 Å². The number of hydrogen-bond acceptors (Lipinski definition) is 4. The molecule has 1 saturated heterocycles. The third-order valence-electron chi connectivity index (χ3n) is 3.32. The lowest BCUT2D eigenvalue weighted by molar-refractivity contribution is 0.451. The third-order valence-corrected chi connectivity index (χ3v) is 4.85. The highest BCUT2D eigenvalue weighted by Crippen LogP contribution is 2.36. The molecule has 1 aliphatic rings. The Morgan fingerprint density at radius 2 is 2.39 bits per heavy atom. The van der Waals surface area contributed by atoms with E-state index in [1.54, 1.807) is 6.33 Å². The van der Waals surface area contributed by atoms with Crippen LogP contribution >= 0.6 is 11.8 Å². The van der Waals surface area contributed by atoms with Crippen molar-refractivity contribution in [1.82, 2.24) is 20.1 Å². The van der Waals surface area contributed by atoms with Gasteiger partial charge in [-0.1, -0.05) is 13.8 Å². The highest BCUT2D eigenvalue weighted by Gasteiger charge is 2.28. The second-order valence-corrected chi connectivity index (χ2v) is 7.44. The molecule has 1 aromatic heterocycles. The van der Waals surface area contributed by atoms with E-state index in [2.05, 4.69) is 47.9 Å². The van der Waals surface area contributed by atoms with Crippen LogP contribution in [0.4, 0.5) is 0 Å². The molecule has 0 bridgehead atoms. The Hall–Kier alpha value is -0.550. The van der Waals surface area contributed by atoms with E-state index in [1.165, 1.54) is 18.6 Å². The number of rotatable bonds is 6. The molecule has 0 saturated carbocycles. The van der Waals surface area contributed by atoms with E-state index >= 15 is 0 Å². The van der Waals surface area contributed by atoms with Crippen molar-refractivity contribution < 1.29 is 0 Å². The molecule has 1 aliphatic heterocycles. The SMILES string of the molecule is CC(C)Cn1ncnc1CNCC1(C)CCCS1. The Bertz CT molecular complexity index is 369. The molecule has 0 amide bonds. The zero-order valence-corrected chi connectivity index (χ0v) is 12.5. The van der Waals surface area contributed by atoms with Gasteiger partial charge in [0.2, 0.25) is 0 Å². The van der Waals surface area contributed by atoms with Crippen LogP contribution in [-0.2, 0) is 13.1 Å². The van der Waals surface area contributed by atoms with Gasteiger partial charge in [0.15, 0.2) is 0 Å². The van der Waals surface area contributed by atoms with E-state index in [1.807, 2.05) is 4.68 Å². The van der Waals surface area contributed by atoms with E-state index in [-0.39, 0.29) is 0 Å². The van der Waals surface area contributed by atoms with Crippen LogP contribution in [0.25, 0.3) is 0 Å². The molecule has 2 heterocycles. The average molecular weight is 268 g/mol.